The molecule has 18 heavy (non-hydrogen) atoms. The van der Waals surface area contributed by atoms with Crippen molar-refractivity contribution in [3.05, 3.63) is 30.6 Å². The average molecular weight is 248 g/mol. The van der Waals surface area contributed by atoms with Crippen LogP contribution in [0.2, 0.25) is 0 Å². The van der Waals surface area contributed by atoms with Gasteiger partial charge in [0, 0.05) is 12.6 Å². The SMILES string of the molecule is CCCn1cc(OCc2cncn2C(C)C)cn1. The van der Waals surface area contributed by atoms with Crippen LogP contribution in [-0.2, 0) is 13.2 Å². The number of nitrogens with zero attached hydrogens (tertiary/aromatic N) is 4. The summed E-state index contributed by atoms with van der Waals surface area (Å²) in [5, 5.41) is 4.23. The van der Waals surface area contributed by atoms with Crippen molar-refractivity contribution in [3.8, 4) is 5.75 Å². The van der Waals surface area contributed by atoms with Gasteiger partial charge in [-0.25, -0.2) is 4.98 Å². The zero-order valence-corrected chi connectivity index (χ0v) is 11.2. The Balaban J connectivity index is 1.96. The lowest BCUT2D eigenvalue weighted by Crippen LogP contribution is -2.07. The Morgan fingerprint density at radius 3 is 2.89 bits per heavy atom. The fraction of sp³-hybridized carbons (Fsp3) is 0.538. The van der Waals surface area contributed by atoms with Crippen LogP contribution in [0.3, 0.4) is 0 Å². The van der Waals surface area contributed by atoms with E-state index in [1.165, 1.54) is 0 Å². The van der Waals surface area contributed by atoms with E-state index in [1.54, 1.807) is 6.20 Å². The summed E-state index contributed by atoms with van der Waals surface area (Å²) in [6.45, 7) is 7.83. The fourth-order valence-corrected chi connectivity index (χ4v) is 1.84. The molecule has 0 fully saturated rings. The minimum Gasteiger partial charge on any atom is -0.484 e. The lowest BCUT2D eigenvalue weighted by molar-refractivity contribution is 0.291. The van der Waals surface area contributed by atoms with Gasteiger partial charge in [0.2, 0.25) is 0 Å². The van der Waals surface area contributed by atoms with Gasteiger partial charge in [0.25, 0.3) is 0 Å². The summed E-state index contributed by atoms with van der Waals surface area (Å²) in [6, 6.07) is 0.397. The van der Waals surface area contributed by atoms with Gasteiger partial charge in [-0.1, -0.05) is 6.92 Å². The van der Waals surface area contributed by atoms with E-state index in [0.29, 0.717) is 12.6 Å². The van der Waals surface area contributed by atoms with Crippen molar-refractivity contribution in [1.29, 1.82) is 0 Å². The van der Waals surface area contributed by atoms with E-state index in [0.717, 1.165) is 24.4 Å². The van der Waals surface area contributed by atoms with Crippen molar-refractivity contribution < 1.29 is 4.74 Å². The first kappa shape index (κ1) is 12.7. The number of imidazole rings is 1. The largest absolute Gasteiger partial charge is 0.484 e. The standard InChI is InChI=1S/C13H20N4O/c1-4-5-16-8-13(7-15-16)18-9-12-6-14-10-17(12)11(2)3/h6-8,10-11H,4-5,9H2,1-3H3. The Kier molecular flexibility index (Phi) is 4.02. The van der Waals surface area contributed by atoms with E-state index in [-0.39, 0.29) is 0 Å². The van der Waals surface area contributed by atoms with Gasteiger partial charge in [-0.05, 0) is 20.3 Å². The maximum Gasteiger partial charge on any atom is 0.157 e. The summed E-state index contributed by atoms with van der Waals surface area (Å²) in [5.41, 5.74) is 1.08. The molecule has 2 aromatic heterocycles. The molecule has 0 saturated heterocycles. The quantitative estimate of drug-likeness (QED) is 0.789. The molecule has 0 bridgehead atoms. The minimum absolute atomic E-state index is 0.397. The highest BCUT2D eigenvalue weighted by Gasteiger charge is 2.06. The third-order valence-electron chi connectivity index (χ3n) is 2.75. The molecule has 5 heteroatoms. The van der Waals surface area contributed by atoms with Crippen LogP contribution in [0.25, 0.3) is 0 Å². The van der Waals surface area contributed by atoms with E-state index < -0.39 is 0 Å². The Hall–Kier alpha value is -1.78. The van der Waals surface area contributed by atoms with Gasteiger partial charge in [-0.3, -0.25) is 4.68 Å². The number of hydrogen-bond donors (Lipinski definition) is 0. The molecule has 0 aliphatic carbocycles. The number of aromatic nitrogens is 4. The van der Waals surface area contributed by atoms with Gasteiger partial charge in [0.05, 0.1) is 30.6 Å². The predicted molar refractivity (Wildman–Crippen MR) is 69.5 cm³/mol. The lowest BCUT2D eigenvalue weighted by atomic mass is 10.3. The predicted octanol–water partition coefficient (Wildman–Crippen LogP) is 2.65. The Morgan fingerprint density at radius 1 is 1.33 bits per heavy atom. The highest BCUT2D eigenvalue weighted by atomic mass is 16.5. The van der Waals surface area contributed by atoms with Crippen molar-refractivity contribution in [1.82, 2.24) is 19.3 Å². The van der Waals surface area contributed by atoms with Gasteiger partial charge < -0.3 is 9.30 Å². The maximum atomic E-state index is 5.72. The third-order valence-corrected chi connectivity index (χ3v) is 2.75. The molecule has 0 atom stereocenters. The van der Waals surface area contributed by atoms with Crippen molar-refractivity contribution in [2.75, 3.05) is 0 Å². The minimum atomic E-state index is 0.397. The molecule has 0 saturated carbocycles. The van der Waals surface area contributed by atoms with Gasteiger partial charge in [-0.15, -0.1) is 0 Å². The van der Waals surface area contributed by atoms with E-state index in [1.807, 2.05) is 23.4 Å². The molecule has 0 amide bonds. The van der Waals surface area contributed by atoms with Crippen LogP contribution in [0.4, 0.5) is 0 Å². The molecule has 0 aliphatic heterocycles. The van der Waals surface area contributed by atoms with Crippen LogP contribution in [0, 0.1) is 0 Å². The molecule has 0 unspecified atom stereocenters. The molecule has 0 aromatic carbocycles. The van der Waals surface area contributed by atoms with Crippen LogP contribution in [0.5, 0.6) is 5.75 Å². The average Bonchev–Trinajstić information content (AvgIpc) is 2.95. The van der Waals surface area contributed by atoms with Crippen molar-refractivity contribution >= 4 is 0 Å². The molecule has 98 valence electrons. The zero-order chi connectivity index (χ0) is 13.0. The number of hydrogen-bond acceptors (Lipinski definition) is 3. The lowest BCUT2D eigenvalue weighted by Gasteiger charge is -2.11. The van der Waals surface area contributed by atoms with Crippen LogP contribution in [0.15, 0.2) is 24.9 Å². The van der Waals surface area contributed by atoms with Crippen molar-refractivity contribution in [3.63, 3.8) is 0 Å². The Morgan fingerprint density at radius 2 is 2.17 bits per heavy atom. The highest BCUT2D eigenvalue weighted by Crippen LogP contribution is 2.14. The van der Waals surface area contributed by atoms with Crippen molar-refractivity contribution in [2.45, 2.75) is 46.4 Å². The second-order valence-electron chi connectivity index (χ2n) is 4.61. The first-order valence-corrected chi connectivity index (χ1v) is 6.36. The van der Waals surface area contributed by atoms with Crippen LogP contribution < -0.4 is 4.74 Å². The molecular formula is C13H20N4O. The summed E-state index contributed by atoms with van der Waals surface area (Å²) in [4.78, 5) is 4.15. The summed E-state index contributed by atoms with van der Waals surface area (Å²) < 4.78 is 9.73. The third kappa shape index (κ3) is 2.91. The Bertz CT molecular complexity index is 487. The normalized spacial score (nSPS) is 11.1. The van der Waals surface area contributed by atoms with Gasteiger partial charge >= 0.3 is 0 Å². The van der Waals surface area contributed by atoms with Crippen LogP contribution in [0.1, 0.15) is 38.9 Å². The van der Waals surface area contributed by atoms with E-state index >= 15 is 0 Å². The summed E-state index contributed by atoms with van der Waals surface area (Å²) in [7, 11) is 0. The molecule has 0 radical (unpaired) electrons. The summed E-state index contributed by atoms with van der Waals surface area (Å²) in [5.74, 6) is 0.806. The summed E-state index contributed by atoms with van der Waals surface area (Å²) in [6.07, 6.45) is 8.44. The maximum absolute atomic E-state index is 5.72. The topological polar surface area (TPSA) is 44.9 Å². The van der Waals surface area contributed by atoms with Crippen LogP contribution >= 0.6 is 0 Å². The first-order valence-electron chi connectivity index (χ1n) is 6.36. The van der Waals surface area contributed by atoms with Gasteiger partial charge in [0.1, 0.15) is 6.61 Å². The molecule has 2 heterocycles. The second kappa shape index (κ2) is 5.71. The molecule has 2 rings (SSSR count). The zero-order valence-electron chi connectivity index (χ0n) is 11.2. The van der Waals surface area contributed by atoms with Crippen molar-refractivity contribution in [2.24, 2.45) is 0 Å². The van der Waals surface area contributed by atoms with Gasteiger partial charge in [-0.2, -0.15) is 5.10 Å². The van der Waals surface area contributed by atoms with Gasteiger partial charge in [0.15, 0.2) is 5.75 Å². The van der Waals surface area contributed by atoms with E-state index in [4.69, 9.17) is 4.74 Å². The number of aryl methyl sites for hydroxylation is 1. The van der Waals surface area contributed by atoms with E-state index in [2.05, 4.69) is 35.4 Å². The molecule has 0 N–H and O–H groups in total. The molecule has 0 aliphatic rings. The fourth-order valence-electron chi connectivity index (χ4n) is 1.84. The molecule has 0 spiro atoms. The Labute approximate surface area is 107 Å². The molecule has 5 nitrogen and oxygen atoms in total. The monoisotopic (exact) mass is 248 g/mol. The smallest absolute Gasteiger partial charge is 0.157 e. The van der Waals surface area contributed by atoms with E-state index in [9.17, 15) is 0 Å². The summed E-state index contributed by atoms with van der Waals surface area (Å²) >= 11 is 0. The number of ether oxygens (including phenoxy) is 1. The molecule has 2 aromatic rings. The second-order valence-corrected chi connectivity index (χ2v) is 4.61. The number of rotatable bonds is 6. The highest BCUT2D eigenvalue weighted by molar-refractivity contribution is 5.12. The van der Waals surface area contributed by atoms with Crippen LogP contribution in [-0.4, -0.2) is 19.3 Å². The molecular weight excluding hydrogens is 228 g/mol. The first-order chi connectivity index (χ1) is 8.70.